The molecule has 0 atom stereocenters. The molecule has 0 aliphatic heterocycles. The molecule has 624 valence electrons. The molecule has 4 nitrogen and oxygen atoms in total. The molecule has 0 fully saturated rings. The topological polar surface area (TPSA) is 19.7 Å². The lowest BCUT2D eigenvalue weighted by atomic mass is 9.99. The fourth-order valence-corrected chi connectivity index (χ4v) is 18.7. The van der Waals surface area contributed by atoms with Crippen molar-refractivity contribution < 1.29 is 0 Å². The molecule has 0 radical (unpaired) electrons. The second-order valence-corrected chi connectivity index (χ2v) is 29.7. The summed E-state index contributed by atoms with van der Waals surface area (Å²) in [6.45, 7) is 35.6. The lowest BCUT2D eigenvalue weighted by molar-refractivity contribution is 0.858. The smallest absolute Gasteiger partial charge is 0.0494 e. The minimum absolute atomic E-state index is 0.892. The van der Waals surface area contributed by atoms with Gasteiger partial charge >= 0.3 is 0 Å². The Labute approximate surface area is 738 Å². The van der Waals surface area contributed by atoms with E-state index < -0.39 is 0 Å². The molecule has 4 heterocycles. The van der Waals surface area contributed by atoms with Crippen LogP contribution in [0.15, 0.2) is 364 Å². The maximum Gasteiger partial charge on any atom is 0.0494 e. The molecule has 0 amide bonds. The van der Waals surface area contributed by atoms with Gasteiger partial charge in [0, 0.05) is 113 Å². The summed E-state index contributed by atoms with van der Waals surface area (Å²) in [5.41, 5.74) is 38.9. The molecule has 4 aromatic heterocycles. The summed E-state index contributed by atoms with van der Waals surface area (Å²) in [6, 6.07) is 133. The minimum atomic E-state index is 0.892. The highest BCUT2D eigenvalue weighted by Gasteiger charge is 2.26. The molecule has 16 aromatic carbocycles. The minimum Gasteiger partial charge on any atom is -0.336 e. The molecule has 4 heteroatoms. The van der Waals surface area contributed by atoms with Crippen LogP contribution in [0.25, 0.3) is 132 Å². The Morgan fingerprint density at radius 2 is 0.419 bits per heavy atom. The van der Waals surface area contributed by atoms with Gasteiger partial charge in [0.15, 0.2) is 0 Å². The average molecular weight is 1620 g/mol. The molecule has 124 heavy (non-hydrogen) atoms. The number of rotatable bonds is 8. The van der Waals surface area contributed by atoms with Crippen LogP contribution in [0, 0.1) is 0 Å². The third-order valence-electron chi connectivity index (χ3n) is 23.6. The first-order valence-corrected chi connectivity index (χ1v) is 46.2. The summed E-state index contributed by atoms with van der Waals surface area (Å²) in [7, 11) is 0. The predicted molar refractivity (Wildman–Crippen MR) is 544 cm³/mol. The van der Waals surface area contributed by atoms with Crippen molar-refractivity contribution in [1.82, 2.24) is 18.3 Å². The number of aromatic nitrogens is 4. The van der Waals surface area contributed by atoms with Crippen LogP contribution in [-0.4, -0.2) is 18.3 Å². The number of hydrogen-bond acceptors (Lipinski definition) is 0. The van der Waals surface area contributed by atoms with Gasteiger partial charge in [0.25, 0.3) is 0 Å². The van der Waals surface area contributed by atoms with Gasteiger partial charge in [-0.25, -0.2) is 0 Å². The Morgan fingerprint density at radius 3 is 0.831 bits per heavy atom. The van der Waals surface area contributed by atoms with E-state index in [9.17, 15) is 0 Å². The zero-order chi connectivity index (χ0) is 87.2. The first-order chi connectivity index (χ1) is 61.6. The Bertz CT molecular complexity index is 6740. The van der Waals surface area contributed by atoms with E-state index in [1.807, 2.05) is 111 Å². The second-order valence-electron chi connectivity index (χ2n) is 29.7. The first kappa shape index (κ1) is 88.5. The van der Waals surface area contributed by atoms with Gasteiger partial charge < -0.3 is 18.3 Å². The molecule has 0 saturated carbocycles. The van der Waals surface area contributed by atoms with Crippen molar-refractivity contribution in [3.63, 3.8) is 0 Å². The fourth-order valence-electron chi connectivity index (χ4n) is 18.7. The van der Waals surface area contributed by atoms with Crippen LogP contribution in [0.1, 0.15) is 178 Å². The fraction of sp³-hybridized carbons (Fsp3) is 0.200. The molecule has 0 bridgehead atoms. The van der Waals surface area contributed by atoms with Gasteiger partial charge in [-0.15, -0.1) is 0 Å². The zero-order valence-corrected chi connectivity index (χ0v) is 76.1. The average Bonchev–Trinajstić information content (AvgIpc) is 1.60. The summed E-state index contributed by atoms with van der Waals surface area (Å²) in [6.07, 6.45) is 4.19. The molecule has 20 aromatic rings. The highest BCUT2D eigenvalue weighted by Crippen LogP contribution is 2.44. The number of hydrogen-bond donors (Lipinski definition) is 0. The summed E-state index contributed by atoms with van der Waals surface area (Å²) in [5, 5.41) is 10.7. The van der Waals surface area contributed by atoms with Gasteiger partial charge in [-0.1, -0.05) is 420 Å². The van der Waals surface area contributed by atoms with E-state index in [1.54, 1.807) is 0 Å². The molecular weight excluding hydrogens is 1500 g/mol. The lowest BCUT2D eigenvalue weighted by Gasteiger charge is -2.13. The number of benzene rings is 16. The van der Waals surface area contributed by atoms with Crippen molar-refractivity contribution in [3.05, 3.63) is 431 Å². The van der Waals surface area contributed by atoms with Gasteiger partial charge in [-0.2, -0.15) is 0 Å². The zero-order valence-electron chi connectivity index (χ0n) is 76.1. The van der Waals surface area contributed by atoms with E-state index in [1.165, 1.54) is 198 Å². The van der Waals surface area contributed by atoms with Crippen LogP contribution < -0.4 is 0 Å². The van der Waals surface area contributed by atoms with E-state index in [2.05, 4.69) is 382 Å². The number of nitrogens with zero attached hydrogens (tertiary/aromatic N) is 4. The third-order valence-corrected chi connectivity index (χ3v) is 23.6. The van der Waals surface area contributed by atoms with Gasteiger partial charge in [0.2, 0.25) is 0 Å². The van der Waals surface area contributed by atoms with Crippen LogP contribution >= 0.6 is 0 Å². The molecule has 4 aliphatic rings. The van der Waals surface area contributed by atoms with Crippen molar-refractivity contribution in [2.75, 3.05) is 0 Å². The lowest BCUT2D eigenvalue weighted by Crippen LogP contribution is -2.02. The van der Waals surface area contributed by atoms with Crippen LogP contribution in [0.4, 0.5) is 0 Å². The molecule has 0 unspecified atom stereocenters. The van der Waals surface area contributed by atoms with Gasteiger partial charge in [-0.3, -0.25) is 0 Å². The van der Waals surface area contributed by atoms with E-state index in [0.29, 0.717) is 0 Å². The monoisotopic (exact) mass is 1620 g/mol. The van der Waals surface area contributed by atoms with Crippen LogP contribution in [0.2, 0.25) is 0 Å². The van der Waals surface area contributed by atoms with Crippen molar-refractivity contribution in [3.8, 4) is 44.5 Å². The first-order valence-electron chi connectivity index (χ1n) is 46.2. The summed E-state index contributed by atoms with van der Waals surface area (Å²) < 4.78 is 9.85. The van der Waals surface area contributed by atoms with Gasteiger partial charge in [0.1, 0.15) is 0 Å². The van der Waals surface area contributed by atoms with Crippen molar-refractivity contribution >= 4 is 87.2 Å². The molecular formula is C120H124N4. The maximum atomic E-state index is 2.48. The molecule has 0 spiro atoms. The number of fused-ring (bicyclic) bond motifs is 24. The molecule has 0 N–H and O–H groups in total. The standard InChI is InChI=1S/4C26H19N.8C2H6/c1-2-11-21-18(8-1)16-19-9-7-10-20(26(19)21)17-27-24-14-5-3-12-22(24)23-13-4-6-15-25(23)27;1-2-10-20-18(8-1)16-24-19(9-7-13-21(20)24)17-27-25-14-5-3-11-22(25)23-12-4-6-15-26(23)27;1-2-8-21-19(7-1)16-20-15-18(13-14-22(20)21)17-27-25-11-5-3-9-23(25)24-10-4-6-12-26(24)27;1-2-8-21-19(7-1)16-20-14-13-18(15-24(20)21)17-27-25-11-5-3-9-22(25)23-10-4-6-12-26(23)27;8*1-2/h4*1-15H,16-17H2;8*1-2H3. The highest BCUT2D eigenvalue weighted by atomic mass is 15.0. The van der Waals surface area contributed by atoms with Crippen molar-refractivity contribution in [2.24, 2.45) is 0 Å². The SMILES string of the molecule is CC.CC.CC.CC.CC.CC.CC.CC.c1ccc2c(c1)Cc1c(Cn3c4ccccc4c4ccccc43)cccc1-2.c1ccc2c(c1)Cc1cc(Cn3c4ccccc4c4ccccc43)ccc1-2.c1ccc2c(c1)Cc1ccc(Cn3c4ccccc4c4ccccc43)cc1-2.c1ccc2c(c1)Cc1cccc(Cn3c4ccccc4c4ccccc43)c1-2. The molecule has 4 aliphatic carbocycles. The predicted octanol–water partition coefficient (Wildman–Crippen LogP) is 33.9. The van der Waals surface area contributed by atoms with E-state index in [-0.39, 0.29) is 0 Å². The summed E-state index contributed by atoms with van der Waals surface area (Å²) >= 11 is 0. The largest absolute Gasteiger partial charge is 0.336 e. The van der Waals surface area contributed by atoms with Crippen molar-refractivity contribution in [1.29, 1.82) is 0 Å². The normalized spacial score (nSPS) is 11.2. The van der Waals surface area contributed by atoms with Crippen LogP contribution in [0.3, 0.4) is 0 Å². The Balaban J connectivity index is 0.000000135. The summed E-state index contributed by atoms with van der Waals surface area (Å²) in [5.74, 6) is 0. The Hall–Kier alpha value is -13.3. The quantitative estimate of drug-likeness (QED) is 0.144. The van der Waals surface area contributed by atoms with E-state index in [0.717, 1.165) is 51.9 Å². The number of para-hydroxylation sites is 8. The van der Waals surface area contributed by atoms with Crippen LogP contribution in [-0.2, 0) is 51.9 Å². The third kappa shape index (κ3) is 17.5. The highest BCUT2D eigenvalue weighted by molar-refractivity contribution is 6.11. The molecule has 24 rings (SSSR count). The van der Waals surface area contributed by atoms with Crippen LogP contribution in [0.5, 0.6) is 0 Å². The van der Waals surface area contributed by atoms with Crippen molar-refractivity contribution in [2.45, 2.75) is 163 Å². The van der Waals surface area contributed by atoms with Gasteiger partial charge in [0.05, 0.1) is 0 Å². The molecule has 0 saturated heterocycles. The second kappa shape index (κ2) is 42.5. The van der Waals surface area contributed by atoms with E-state index in [4.69, 9.17) is 0 Å². The summed E-state index contributed by atoms with van der Waals surface area (Å²) in [4.78, 5) is 0. The van der Waals surface area contributed by atoms with Gasteiger partial charge in [-0.05, 0) is 192 Å². The van der Waals surface area contributed by atoms with E-state index >= 15 is 0 Å². The maximum absolute atomic E-state index is 2.48. The Kier molecular flexibility index (Phi) is 30.3. The Morgan fingerprint density at radius 1 is 0.169 bits per heavy atom.